The number of nitrogens with one attached hydrogen (secondary N) is 1. The number of rotatable bonds is 5. The van der Waals surface area contributed by atoms with Gasteiger partial charge in [-0.05, 0) is 62.2 Å². The maximum atomic E-state index is 12.2. The lowest BCUT2D eigenvalue weighted by molar-refractivity contribution is -0.122. The van der Waals surface area contributed by atoms with Crippen LogP contribution >= 0.6 is 0 Å². The lowest BCUT2D eigenvalue weighted by atomic mass is 10.1. The molecule has 128 valence electrons. The smallest absolute Gasteiger partial charge is 0.265 e. The molecule has 0 aromatic heterocycles. The predicted molar refractivity (Wildman–Crippen MR) is 92.5 cm³/mol. The molecule has 0 spiro atoms. The summed E-state index contributed by atoms with van der Waals surface area (Å²) in [5.41, 5.74) is 2.53. The first kappa shape index (κ1) is 18.0. The van der Waals surface area contributed by atoms with E-state index in [0.29, 0.717) is 11.4 Å². The van der Waals surface area contributed by atoms with Gasteiger partial charge >= 0.3 is 0 Å². The Hall–Kier alpha value is -2.38. The van der Waals surface area contributed by atoms with Crippen LogP contribution in [0.25, 0.3) is 0 Å². The number of carbonyl (C=O) groups excluding carboxylic acids is 1. The van der Waals surface area contributed by atoms with Crippen molar-refractivity contribution in [2.45, 2.75) is 31.8 Å². The molecule has 3 N–H and O–H groups in total. The molecule has 2 aromatic carbocycles. The van der Waals surface area contributed by atoms with Crippen LogP contribution in [0.5, 0.6) is 5.75 Å². The second-order valence-electron chi connectivity index (χ2n) is 5.52. The number of ether oxygens (including phenoxy) is 1. The summed E-state index contributed by atoms with van der Waals surface area (Å²) in [7, 11) is -3.75. The maximum absolute atomic E-state index is 12.2. The fraction of sp³-hybridized carbons (Fsp3) is 0.235. The first-order valence-corrected chi connectivity index (χ1v) is 8.89. The van der Waals surface area contributed by atoms with Crippen LogP contribution in [0.1, 0.15) is 18.1 Å². The fourth-order valence-electron chi connectivity index (χ4n) is 2.07. The zero-order chi connectivity index (χ0) is 17.9. The third-order valence-electron chi connectivity index (χ3n) is 3.68. The molecule has 0 fully saturated rings. The van der Waals surface area contributed by atoms with Gasteiger partial charge < -0.3 is 10.1 Å². The number of amides is 1. The summed E-state index contributed by atoms with van der Waals surface area (Å²) in [6.07, 6.45) is -0.705. The lowest BCUT2D eigenvalue weighted by Gasteiger charge is -2.17. The van der Waals surface area contributed by atoms with Crippen LogP contribution in [0, 0.1) is 13.8 Å². The van der Waals surface area contributed by atoms with Gasteiger partial charge in [0.05, 0.1) is 4.90 Å². The molecule has 0 bridgehead atoms. The van der Waals surface area contributed by atoms with E-state index in [1.165, 1.54) is 24.3 Å². The van der Waals surface area contributed by atoms with E-state index in [2.05, 4.69) is 5.32 Å². The topological polar surface area (TPSA) is 98.5 Å². The van der Waals surface area contributed by atoms with Gasteiger partial charge in [0.25, 0.3) is 5.91 Å². The summed E-state index contributed by atoms with van der Waals surface area (Å²) in [4.78, 5) is 12.2. The number of hydrogen-bond acceptors (Lipinski definition) is 4. The van der Waals surface area contributed by atoms with E-state index >= 15 is 0 Å². The first-order valence-electron chi connectivity index (χ1n) is 7.35. The van der Waals surface area contributed by atoms with Gasteiger partial charge in [0, 0.05) is 5.69 Å². The number of anilines is 1. The SMILES string of the molecule is Cc1cccc(OC(C)C(=O)Nc2ccc(S(N)(=O)=O)cc2)c1C. The minimum atomic E-state index is -3.75. The van der Waals surface area contributed by atoms with Crippen molar-refractivity contribution in [1.29, 1.82) is 0 Å². The van der Waals surface area contributed by atoms with Gasteiger partial charge in [0.1, 0.15) is 5.75 Å². The van der Waals surface area contributed by atoms with Crippen molar-refractivity contribution in [2.75, 3.05) is 5.32 Å². The van der Waals surface area contributed by atoms with Crippen molar-refractivity contribution in [3.8, 4) is 5.75 Å². The molecule has 24 heavy (non-hydrogen) atoms. The molecule has 1 atom stereocenters. The molecule has 7 heteroatoms. The molecule has 0 saturated carbocycles. The molecule has 0 radical (unpaired) electrons. The highest BCUT2D eigenvalue weighted by atomic mass is 32.2. The molecular weight excluding hydrogens is 328 g/mol. The first-order chi connectivity index (χ1) is 11.2. The summed E-state index contributed by atoms with van der Waals surface area (Å²) in [5, 5.41) is 7.71. The van der Waals surface area contributed by atoms with Gasteiger partial charge in [-0.15, -0.1) is 0 Å². The fourth-order valence-corrected chi connectivity index (χ4v) is 2.58. The van der Waals surface area contributed by atoms with Crippen LogP contribution < -0.4 is 15.2 Å². The summed E-state index contributed by atoms with van der Waals surface area (Å²) >= 11 is 0. The van der Waals surface area contributed by atoms with E-state index in [-0.39, 0.29) is 10.8 Å². The van der Waals surface area contributed by atoms with Crippen molar-refractivity contribution < 1.29 is 17.9 Å². The summed E-state index contributed by atoms with van der Waals surface area (Å²) < 4.78 is 28.1. The number of benzene rings is 2. The van der Waals surface area contributed by atoms with Crippen molar-refractivity contribution in [3.63, 3.8) is 0 Å². The molecule has 1 unspecified atom stereocenters. The van der Waals surface area contributed by atoms with Gasteiger partial charge in [-0.1, -0.05) is 12.1 Å². The van der Waals surface area contributed by atoms with E-state index in [0.717, 1.165) is 11.1 Å². The maximum Gasteiger partial charge on any atom is 0.265 e. The average molecular weight is 348 g/mol. The Morgan fingerprint density at radius 3 is 2.33 bits per heavy atom. The molecule has 0 aliphatic heterocycles. The van der Waals surface area contributed by atoms with Gasteiger partial charge in [0.15, 0.2) is 6.10 Å². The normalized spacial score (nSPS) is 12.5. The number of sulfonamides is 1. The quantitative estimate of drug-likeness (QED) is 0.866. The molecular formula is C17H20N2O4S. The van der Waals surface area contributed by atoms with Gasteiger partial charge in [0.2, 0.25) is 10.0 Å². The minimum absolute atomic E-state index is 0.0137. The summed E-state index contributed by atoms with van der Waals surface area (Å²) in [6, 6.07) is 11.3. The molecule has 2 aromatic rings. The molecule has 0 aliphatic carbocycles. The minimum Gasteiger partial charge on any atom is -0.481 e. The van der Waals surface area contributed by atoms with E-state index in [4.69, 9.17) is 9.88 Å². The molecule has 1 amide bonds. The zero-order valence-electron chi connectivity index (χ0n) is 13.7. The van der Waals surface area contributed by atoms with Crippen LogP contribution in [0.3, 0.4) is 0 Å². The van der Waals surface area contributed by atoms with Gasteiger partial charge in [-0.3, -0.25) is 4.79 Å². The second-order valence-corrected chi connectivity index (χ2v) is 7.08. The van der Waals surface area contributed by atoms with E-state index in [1.54, 1.807) is 6.92 Å². The Kier molecular flexibility index (Phi) is 5.26. The zero-order valence-corrected chi connectivity index (χ0v) is 14.6. The van der Waals surface area contributed by atoms with Crippen LogP contribution in [0.15, 0.2) is 47.4 Å². The number of hydrogen-bond donors (Lipinski definition) is 2. The summed E-state index contributed by atoms with van der Waals surface area (Å²) in [6.45, 7) is 5.55. The number of carbonyl (C=O) groups is 1. The molecule has 0 saturated heterocycles. The van der Waals surface area contributed by atoms with Gasteiger partial charge in [-0.25, -0.2) is 13.6 Å². The summed E-state index contributed by atoms with van der Waals surface area (Å²) in [5.74, 6) is 0.321. The van der Waals surface area contributed by atoms with Crippen molar-refractivity contribution in [1.82, 2.24) is 0 Å². The number of aryl methyl sites for hydroxylation is 1. The van der Waals surface area contributed by atoms with Crippen molar-refractivity contribution in [2.24, 2.45) is 5.14 Å². The van der Waals surface area contributed by atoms with Crippen LogP contribution in [-0.4, -0.2) is 20.4 Å². The van der Waals surface area contributed by atoms with E-state index in [9.17, 15) is 13.2 Å². The van der Waals surface area contributed by atoms with Crippen LogP contribution in [0.4, 0.5) is 5.69 Å². The highest BCUT2D eigenvalue weighted by molar-refractivity contribution is 7.89. The third-order valence-corrected chi connectivity index (χ3v) is 4.61. The monoisotopic (exact) mass is 348 g/mol. The van der Waals surface area contributed by atoms with E-state index < -0.39 is 16.1 Å². The van der Waals surface area contributed by atoms with Gasteiger partial charge in [-0.2, -0.15) is 0 Å². The Labute approximate surface area is 141 Å². The average Bonchev–Trinajstić information content (AvgIpc) is 2.51. The molecule has 2 rings (SSSR count). The lowest BCUT2D eigenvalue weighted by Crippen LogP contribution is -2.30. The third kappa shape index (κ3) is 4.33. The number of nitrogens with two attached hydrogens (primary N) is 1. The second kappa shape index (κ2) is 7.02. The predicted octanol–water partition coefficient (Wildman–Crippen LogP) is 2.36. The Morgan fingerprint density at radius 2 is 1.75 bits per heavy atom. The highest BCUT2D eigenvalue weighted by Gasteiger charge is 2.16. The Balaban J connectivity index is 2.05. The Bertz CT molecular complexity index is 845. The molecule has 6 nitrogen and oxygen atoms in total. The number of primary sulfonamides is 1. The van der Waals surface area contributed by atoms with Crippen LogP contribution in [0.2, 0.25) is 0 Å². The van der Waals surface area contributed by atoms with Crippen molar-refractivity contribution in [3.05, 3.63) is 53.6 Å². The van der Waals surface area contributed by atoms with E-state index in [1.807, 2.05) is 32.0 Å². The standard InChI is InChI=1S/C17H20N2O4S/c1-11-5-4-6-16(12(11)2)23-13(3)17(20)19-14-7-9-15(10-8-14)24(18,21)22/h4-10,13H,1-3H3,(H,19,20)(H2,18,21,22). The largest absolute Gasteiger partial charge is 0.481 e. The highest BCUT2D eigenvalue weighted by Crippen LogP contribution is 2.22. The Morgan fingerprint density at radius 1 is 1.12 bits per heavy atom. The molecule has 0 aliphatic rings. The molecule has 0 heterocycles. The van der Waals surface area contributed by atoms with Crippen molar-refractivity contribution >= 4 is 21.6 Å². The van der Waals surface area contributed by atoms with Crippen LogP contribution in [-0.2, 0) is 14.8 Å².